The van der Waals surface area contributed by atoms with Crippen molar-refractivity contribution in [2.45, 2.75) is 64.5 Å². The lowest BCUT2D eigenvalue weighted by molar-refractivity contribution is 0.0410. The molecule has 0 aliphatic rings. The monoisotopic (exact) mass is 348 g/mol. The average Bonchev–Trinajstić information content (AvgIpc) is 3.11. The Morgan fingerprint density at radius 2 is 1.83 bits per heavy atom. The second-order valence-electron chi connectivity index (χ2n) is 6.27. The zero-order valence-electron chi connectivity index (χ0n) is 14.7. The number of hydrogen-bond acceptors (Lipinski definition) is 2. The molecule has 1 aromatic heterocycles. The maximum Gasteiger partial charge on any atom is 0.0945 e. The van der Waals surface area contributed by atoms with Gasteiger partial charge in [0.15, 0.2) is 0 Å². The molecular formula is C20H29ClN2O. The van der Waals surface area contributed by atoms with E-state index in [2.05, 4.69) is 28.6 Å². The smallest absolute Gasteiger partial charge is 0.0945 e. The van der Waals surface area contributed by atoms with E-state index in [1.165, 1.54) is 37.7 Å². The van der Waals surface area contributed by atoms with Crippen LogP contribution in [0.2, 0.25) is 5.02 Å². The highest BCUT2D eigenvalue weighted by molar-refractivity contribution is 6.30. The van der Waals surface area contributed by atoms with Crippen LogP contribution in [0.5, 0.6) is 0 Å². The molecule has 0 spiro atoms. The van der Waals surface area contributed by atoms with Gasteiger partial charge in [-0.25, -0.2) is 4.98 Å². The van der Waals surface area contributed by atoms with Gasteiger partial charge in [-0.3, -0.25) is 0 Å². The van der Waals surface area contributed by atoms with Crippen LogP contribution < -0.4 is 0 Å². The zero-order valence-corrected chi connectivity index (χ0v) is 15.4. The highest BCUT2D eigenvalue weighted by atomic mass is 35.5. The van der Waals surface area contributed by atoms with E-state index in [1.54, 1.807) is 0 Å². The molecule has 0 fully saturated rings. The number of aryl methyl sites for hydroxylation is 1. The van der Waals surface area contributed by atoms with Gasteiger partial charge in [0.25, 0.3) is 0 Å². The van der Waals surface area contributed by atoms with E-state index in [0.29, 0.717) is 0 Å². The Morgan fingerprint density at radius 3 is 2.54 bits per heavy atom. The lowest BCUT2D eigenvalue weighted by Crippen LogP contribution is -2.09. The Labute approximate surface area is 151 Å². The zero-order chi connectivity index (χ0) is 17.0. The number of benzene rings is 1. The van der Waals surface area contributed by atoms with E-state index in [4.69, 9.17) is 16.3 Å². The van der Waals surface area contributed by atoms with Crippen molar-refractivity contribution in [3.63, 3.8) is 0 Å². The van der Waals surface area contributed by atoms with Crippen molar-refractivity contribution >= 4 is 11.6 Å². The second-order valence-corrected chi connectivity index (χ2v) is 6.70. The Morgan fingerprint density at radius 1 is 1.08 bits per heavy atom. The molecule has 0 aliphatic heterocycles. The molecule has 0 saturated carbocycles. The van der Waals surface area contributed by atoms with Gasteiger partial charge in [-0.15, -0.1) is 0 Å². The van der Waals surface area contributed by atoms with Crippen molar-refractivity contribution in [1.29, 1.82) is 0 Å². The van der Waals surface area contributed by atoms with E-state index >= 15 is 0 Å². The van der Waals surface area contributed by atoms with Crippen LogP contribution in [-0.4, -0.2) is 16.2 Å². The number of halogens is 1. The Kier molecular flexibility index (Phi) is 8.93. The first-order valence-electron chi connectivity index (χ1n) is 9.12. The third-order valence-electron chi connectivity index (χ3n) is 4.27. The van der Waals surface area contributed by atoms with E-state index in [0.717, 1.165) is 31.0 Å². The summed E-state index contributed by atoms with van der Waals surface area (Å²) in [4.78, 5) is 4.10. The van der Waals surface area contributed by atoms with Gasteiger partial charge in [0.1, 0.15) is 0 Å². The Balaban J connectivity index is 1.79. The molecule has 0 bridgehead atoms. The van der Waals surface area contributed by atoms with Crippen molar-refractivity contribution in [2.75, 3.05) is 6.61 Å². The predicted molar refractivity (Wildman–Crippen MR) is 100 cm³/mol. The van der Waals surface area contributed by atoms with Gasteiger partial charge in [0.2, 0.25) is 0 Å². The lowest BCUT2D eigenvalue weighted by atomic mass is 10.1. The molecule has 1 aromatic carbocycles. The van der Waals surface area contributed by atoms with E-state index in [-0.39, 0.29) is 6.10 Å². The van der Waals surface area contributed by atoms with Crippen molar-refractivity contribution in [1.82, 2.24) is 9.55 Å². The summed E-state index contributed by atoms with van der Waals surface area (Å²) in [5.74, 6) is 0. The molecule has 0 amide bonds. The number of aromatic nitrogens is 2. The molecule has 1 heterocycles. The highest BCUT2D eigenvalue weighted by Crippen LogP contribution is 2.24. The molecule has 0 saturated heterocycles. The van der Waals surface area contributed by atoms with Crippen LogP contribution in [0.15, 0.2) is 43.0 Å². The minimum absolute atomic E-state index is 0.111. The summed E-state index contributed by atoms with van der Waals surface area (Å²) in [5.41, 5.74) is 1.20. The summed E-state index contributed by atoms with van der Waals surface area (Å²) in [6, 6.07) is 8.02. The van der Waals surface area contributed by atoms with E-state index < -0.39 is 0 Å². The maximum atomic E-state index is 6.20. The van der Waals surface area contributed by atoms with Crippen LogP contribution in [0.3, 0.4) is 0 Å². The summed E-state index contributed by atoms with van der Waals surface area (Å²) in [6.07, 6.45) is 14.4. The summed E-state index contributed by atoms with van der Waals surface area (Å²) < 4.78 is 8.29. The van der Waals surface area contributed by atoms with Gasteiger partial charge in [-0.1, -0.05) is 62.8 Å². The van der Waals surface area contributed by atoms with Crippen molar-refractivity contribution < 1.29 is 4.74 Å². The standard InChI is InChI=1S/C20H29ClN2O/c1-2-3-4-5-6-7-16-24-20(12-14-23-15-13-22-17-23)18-8-10-19(21)11-9-18/h8-11,13,15,17,20H,2-7,12,14,16H2,1H3. The minimum atomic E-state index is 0.111. The molecule has 3 nitrogen and oxygen atoms in total. The highest BCUT2D eigenvalue weighted by Gasteiger charge is 2.12. The fraction of sp³-hybridized carbons (Fsp3) is 0.550. The third-order valence-corrected chi connectivity index (χ3v) is 4.52. The topological polar surface area (TPSA) is 27.1 Å². The van der Waals surface area contributed by atoms with Gasteiger partial charge in [-0.2, -0.15) is 0 Å². The molecule has 1 atom stereocenters. The predicted octanol–water partition coefficient (Wildman–Crippen LogP) is 6.05. The van der Waals surface area contributed by atoms with Crippen LogP contribution in [0.25, 0.3) is 0 Å². The number of unbranched alkanes of at least 4 members (excludes halogenated alkanes) is 5. The quantitative estimate of drug-likeness (QED) is 0.437. The first-order chi connectivity index (χ1) is 11.8. The summed E-state index contributed by atoms with van der Waals surface area (Å²) >= 11 is 6.01. The number of ether oxygens (including phenoxy) is 1. The second kappa shape index (κ2) is 11.3. The van der Waals surface area contributed by atoms with Crippen LogP contribution in [0, 0.1) is 0 Å². The van der Waals surface area contributed by atoms with Crippen LogP contribution in [0.1, 0.15) is 63.5 Å². The molecule has 2 rings (SSSR count). The van der Waals surface area contributed by atoms with Crippen LogP contribution in [0.4, 0.5) is 0 Å². The molecule has 0 aliphatic carbocycles. The van der Waals surface area contributed by atoms with Gasteiger partial charge >= 0.3 is 0 Å². The number of imidazole rings is 1. The largest absolute Gasteiger partial charge is 0.373 e. The fourth-order valence-corrected chi connectivity index (χ4v) is 2.94. The number of rotatable bonds is 12. The lowest BCUT2D eigenvalue weighted by Gasteiger charge is -2.19. The fourth-order valence-electron chi connectivity index (χ4n) is 2.82. The average molecular weight is 349 g/mol. The van der Waals surface area contributed by atoms with Crippen molar-refractivity contribution in [2.24, 2.45) is 0 Å². The van der Waals surface area contributed by atoms with Gasteiger partial charge in [0.05, 0.1) is 12.4 Å². The number of nitrogens with zero attached hydrogens (tertiary/aromatic N) is 2. The van der Waals surface area contributed by atoms with Crippen LogP contribution >= 0.6 is 11.6 Å². The molecule has 0 radical (unpaired) electrons. The summed E-state index contributed by atoms with van der Waals surface area (Å²) in [6.45, 7) is 3.98. The Hall–Kier alpha value is -1.32. The van der Waals surface area contributed by atoms with Crippen molar-refractivity contribution in [3.05, 3.63) is 53.6 Å². The SMILES string of the molecule is CCCCCCCCOC(CCn1ccnc1)c1ccc(Cl)cc1. The minimum Gasteiger partial charge on any atom is -0.373 e. The molecule has 2 aromatic rings. The normalized spacial score (nSPS) is 12.4. The summed E-state index contributed by atoms with van der Waals surface area (Å²) in [5, 5.41) is 0.767. The first-order valence-corrected chi connectivity index (χ1v) is 9.50. The molecule has 132 valence electrons. The molecule has 4 heteroatoms. The van der Waals surface area contributed by atoms with Gasteiger partial charge in [-0.05, 0) is 30.5 Å². The number of hydrogen-bond donors (Lipinski definition) is 0. The van der Waals surface area contributed by atoms with Gasteiger partial charge in [0, 0.05) is 30.6 Å². The van der Waals surface area contributed by atoms with E-state index in [9.17, 15) is 0 Å². The summed E-state index contributed by atoms with van der Waals surface area (Å²) in [7, 11) is 0. The third kappa shape index (κ3) is 7.06. The first kappa shape index (κ1) is 19.0. The Bertz CT molecular complexity index is 539. The van der Waals surface area contributed by atoms with Gasteiger partial charge < -0.3 is 9.30 Å². The molecular weight excluding hydrogens is 320 g/mol. The molecule has 0 N–H and O–H groups in total. The van der Waals surface area contributed by atoms with E-state index in [1.807, 2.05) is 30.9 Å². The van der Waals surface area contributed by atoms with Crippen molar-refractivity contribution in [3.8, 4) is 0 Å². The maximum absolute atomic E-state index is 6.20. The molecule has 1 unspecified atom stereocenters. The van der Waals surface area contributed by atoms with Crippen LogP contribution in [-0.2, 0) is 11.3 Å². The molecule has 24 heavy (non-hydrogen) atoms.